The molecule has 1 saturated heterocycles. The number of rotatable bonds is 4. The van der Waals surface area contributed by atoms with E-state index in [9.17, 15) is 0 Å². The third kappa shape index (κ3) is 2.86. The monoisotopic (exact) mass is 205 g/mol. The zero-order valence-electron chi connectivity index (χ0n) is 7.84. The van der Waals surface area contributed by atoms with Gasteiger partial charge in [0, 0.05) is 0 Å². The molecule has 3 heteroatoms. The first-order valence-corrected chi connectivity index (χ1v) is 6.78. The van der Waals surface area contributed by atoms with Crippen LogP contribution in [-0.2, 0) is 0 Å². The van der Waals surface area contributed by atoms with Crippen LogP contribution in [0.3, 0.4) is 0 Å². The van der Waals surface area contributed by atoms with E-state index in [4.69, 9.17) is 5.73 Å². The van der Waals surface area contributed by atoms with Gasteiger partial charge in [0.25, 0.3) is 0 Å². The van der Waals surface area contributed by atoms with Gasteiger partial charge in [0.1, 0.15) is 0 Å². The molecular formula is C9H19NS2. The lowest BCUT2D eigenvalue weighted by molar-refractivity contribution is 0.648. The fourth-order valence-corrected chi connectivity index (χ4v) is 4.84. The first kappa shape index (κ1) is 10.7. The molecule has 0 aromatic rings. The minimum atomic E-state index is 0.525. The Labute approximate surface area is 84.2 Å². The maximum absolute atomic E-state index is 5.54. The summed E-state index contributed by atoms with van der Waals surface area (Å²) in [6.45, 7) is 3.16. The molecule has 72 valence electrons. The third-order valence-electron chi connectivity index (χ3n) is 2.32. The Bertz CT molecular complexity index is 122. The van der Waals surface area contributed by atoms with E-state index in [-0.39, 0.29) is 0 Å². The van der Waals surface area contributed by atoms with E-state index in [1.165, 1.54) is 37.2 Å². The first-order chi connectivity index (χ1) is 5.83. The largest absolute Gasteiger partial charge is 0.330 e. The molecule has 0 spiro atoms. The Hall–Kier alpha value is 0.660. The highest BCUT2D eigenvalue weighted by Crippen LogP contribution is 2.47. The Morgan fingerprint density at radius 3 is 2.50 bits per heavy atom. The summed E-state index contributed by atoms with van der Waals surface area (Å²) in [4.78, 5) is 0. The molecule has 1 nitrogen and oxygen atoms in total. The van der Waals surface area contributed by atoms with Gasteiger partial charge in [-0.1, -0.05) is 6.92 Å². The fourth-order valence-electron chi connectivity index (χ4n) is 1.51. The molecule has 1 aliphatic rings. The van der Waals surface area contributed by atoms with Crippen molar-refractivity contribution in [1.82, 2.24) is 0 Å². The van der Waals surface area contributed by atoms with Crippen molar-refractivity contribution in [2.75, 3.05) is 18.1 Å². The normalized spacial score (nSPS) is 22.5. The molecule has 0 saturated carbocycles. The maximum atomic E-state index is 5.54. The molecule has 1 heterocycles. The molecule has 0 unspecified atom stereocenters. The van der Waals surface area contributed by atoms with E-state index in [2.05, 4.69) is 30.4 Å². The standard InChI is InChI=1S/C9H19NS2/c1-2-9(5-3-6-10)11-7-4-8-12-9/h2-8,10H2,1H3. The van der Waals surface area contributed by atoms with E-state index < -0.39 is 0 Å². The topological polar surface area (TPSA) is 26.0 Å². The predicted octanol–water partition coefficient (Wildman–Crippen LogP) is 2.70. The van der Waals surface area contributed by atoms with Gasteiger partial charge >= 0.3 is 0 Å². The van der Waals surface area contributed by atoms with Crippen LogP contribution in [0, 0.1) is 0 Å². The Morgan fingerprint density at radius 1 is 1.33 bits per heavy atom. The van der Waals surface area contributed by atoms with Gasteiger partial charge in [-0.25, -0.2) is 0 Å². The zero-order valence-corrected chi connectivity index (χ0v) is 9.48. The van der Waals surface area contributed by atoms with Gasteiger partial charge in [-0.05, 0) is 43.7 Å². The van der Waals surface area contributed by atoms with E-state index in [1.54, 1.807) is 0 Å². The molecular weight excluding hydrogens is 186 g/mol. The summed E-state index contributed by atoms with van der Waals surface area (Å²) in [5.74, 6) is 2.71. The van der Waals surface area contributed by atoms with Gasteiger partial charge in [-0.2, -0.15) is 0 Å². The molecule has 1 aliphatic heterocycles. The maximum Gasteiger partial charge on any atom is 0.0609 e. The van der Waals surface area contributed by atoms with Crippen LogP contribution in [0.25, 0.3) is 0 Å². The minimum absolute atomic E-state index is 0.525. The molecule has 0 atom stereocenters. The summed E-state index contributed by atoms with van der Waals surface area (Å²) in [6, 6.07) is 0. The smallest absolute Gasteiger partial charge is 0.0609 e. The quantitative estimate of drug-likeness (QED) is 0.764. The molecule has 0 aromatic carbocycles. The average Bonchev–Trinajstić information content (AvgIpc) is 2.16. The van der Waals surface area contributed by atoms with Crippen molar-refractivity contribution in [2.45, 2.75) is 36.7 Å². The van der Waals surface area contributed by atoms with Crippen LogP contribution in [0.2, 0.25) is 0 Å². The minimum Gasteiger partial charge on any atom is -0.330 e. The van der Waals surface area contributed by atoms with E-state index in [0.717, 1.165) is 6.54 Å². The summed E-state index contributed by atoms with van der Waals surface area (Å²) in [5, 5.41) is 0. The van der Waals surface area contributed by atoms with Gasteiger partial charge in [0.2, 0.25) is 0 Å². The first-order valence-electron chi connectivity index (χ1n) is 4.81. The van der Waals surface area contributed by atoms with Crippen molar-refractivity contribution in [3.05, 3.63) is 0 Å². The van der Waals surface area contributed by atoms with Crippen molar-refractivity contribution in [3.8, 4) is 0 Å². The lowest BCUT2D eigenvalue weighted by Crippen LogP contribution is -2.25. The number of hydrogen-bond donors (Lipinski definition) is 1. The molecule has 0 aromatic heterocycles. The molecule has 1 rings (SSSR count). The second kappa shape index (κ2) is 5.40. The summed E-state index contributed by atoms with van der Waals surface area (Å²) in [6.07, 6.45) is 5.17. The van der Waals surface area contributed by atoms with Crippen molar-refractivity contribution in [1.29, 1.82) is 0 Å². The van der Waals surface area contributed by atoms with Crippen LogP contribution in [0.15, 0.2) is 0 Å². The highest BCUT2D eigenvalue weighted by Gasteiger charge is 2.30. The average molecular weight is 205 g/mol. The fraction of sp³-hybridized carbons (Fsp3) is 1.00. The van der Waals surface area contributed by atoms with Crippen LogP contribution in [0.5, 0.6) is 0 Å². The van der Waals surface area contributed by atoms with Crippen molar-refractivity contribution in [2.24, 2.45) is 5.73 Å². The Balaban J connectivity index is 2.37. The highest BCUT2D eigenvalue weighted by atomic mass is 32.2. The van der Waals surface area contributed by atoms with Crippen LogP contribution in [0.4, 0.5) is 0 Å². The summed E-state index contributed by atoms with van der Waals surface area (Å²) in [7, 11) is 0. The summed E-state index contributed by atoms with van der Waals surface area (Å²) < 4.78 is 0.525. The lowest BCUT2D eigenvalue weighted by Gasteiger charge is -2.35. The molecule has 0 bridgehead atoms. The second-order valence-corrected chi connectivity index (χ2v) is 6.42. The van der Waals surface area contributed by atoms with Gasteiger partial charge in [-0.3, -0.25) is 0 Å². The Morgan fingerprint density at radius 2 is 2.00 bits per heavy atom. The highest BCUT2D eigenvalue weighted by molar-refractivity contribution is 8.18. The summed E-state index contributed by atoms with van der Waals surface area (Å²) in [5.41, 5.74) is 5.54. The molecule has 0 radical (unpaired) electrons. The number of hydrogen-bond acceptors (Lipinski definition) is 3. The molecule has 0 aliphatic carbocycles. The SMILES string of the molecule is CCC1(CCCN)SCCCS1. The van der Waals surface area contributed by atoms with Crippen molar-refractivity contribution in [3.63, 3.8) is 0 Å². The summed E-state index contributed by atoms with van der Waals surface area (Å²) >= 11 is 4.32. The molecule has 1 fully saturated rings. The molecule has 12 heavy (non-hydrogen) atoms. The zero-order chi connectivity index (χ0) is 8.86. The van der Waals surface area contributed by atoms with Crippen LogP contribution in [0.1, 0.15) is 32.6 Å². The molecule has 2 N–H and O–H groups in total. The number of nitrogens with two attached hydrogens (primary N) is 1. The van der Waals surface area contributed by atoms with Crippen molar-refractivity contribution >= 4 is 23.5 Å². The van der Waals surface area contributed by atoms with Crippen molar-refractivity contribution < 1.29 is 0 Å². The van der Waals surface area contributed by atoms with Gasteiger partial charge < -0.3 is 5.73 Å². The van der Waals surface area contributed by atoms with Crippen LogP contribution in [-0.4, -0.2) is 22.1 Å². The molecule has 0 amide bonds. The second-order valence-electron chi connectivity index (χ2n) is 3.21. The predicted molar refractivity (Wildman–Crippen MR) is 60.8 cm³/mol. The van der Waals surface area contributed by atoms with E-state index >= 15 is 0 Å². The van der Waals surface area contributed by atoms with E-state index in [0.29, 0.717) is 4.08 Å². The van der Waals surface area contributed by atoms with E-state index in [1.807, 2.05) is 0 Å². The number of thioether (sulfide) groups is 2. The third-order valence-corrected chi connectivity index (χ3v) is 6.05. The lowest BCUT2D eigenvalue weighted by atomic mass is 10.2. The van der Waals surface area contributed by atoms with Gasteiger partial charge in [-0.15, -0.1) is 23.5 Å². The Kier molecular flexibility index (Phi) is 4.84. The van der Waals surface area contributed by atoms with Crippen LogP contribution < -0.4 is 5.73 Å². The van der Waals surface area contributed by atoms with Gasteiger partial charge in [0.05, 0.1) is 4.08 Å². The van der Waals surface area contributed by atoms with Crippen LogP contribution >= 0.6 is 23.5 Å². The van der Waals surface area contributed by atoms with Gasteiger partial charge in [0.15, 0.2) is 0 Å².